The van der Waals surface area contributed by atoms with Crippen LogP contribution < -0.4 is 4.90 Å². The summed E-state index contributed by atoms with van der Waals surface area (Å²) in [4.78, 5) is 17.0. The van der Waals surface area contributed by atoms with Gasteiger partial charge in [-0.25, -0.2) is 0 Å². The first-order valence-corrected chi connectivity index (χ1v) is 9.31. The average molecular weight is 362 g/mol. The highest BCUT2D eigenvalue weighted by Gasteiger charge is 2.21. The van der Waals surface area contributed by atoms with Gasteiger partial charge in [0.15, 0.2) is 0 Å². The van der Waals surface area contributed by atoms with Crippen LogP contribution in [0.25, 0.3) is 16.7 Å². The van der Waals surface area contributed by atoms with Crippen molar-refractivity contribution in [1.29, 1.82) is 0 Å². The maximum Gasteiger partial charge on any atom is 0.268 e. The Hall–Kier alpha value is -2.99. The predicted octanol–water partition coefficient (Wildman–Crippen LogP) is 4.54. The number of carbonyl (C=O) groups excluding carboxylic acids is 1. The van der Waals surface area contributed by atoms with Crippen molar-refractivity contribution in [2.75, 3.05) is 4.90 Å². The highest BCUT2D eigenvalue weighted by Crippen LogP contribution is 2.23. The Balaban J connectivity index is 1.66. The Bertz CT molecular complexity index is 1000. The number of carbonyl (C=O) groups is 1. The molecule has 0 fully saturated rings. The van der Waals surface area contributed by atoms with Crippen LogP contribution in [0.4, 0.5) is 5.69 Å². The number of benzene rings is 2. The van der Waals surface area contributed by atoms with Crippen molar-refractivity contribution in [3.05, 3.63) is 70.9 Å². The number of nitrogens with zero attached hydrogens (tertiary/aromatic N) is 4. The summed E-state index contributed by atoms with van der Waals surface area (Å²) in [5.74, 6) is 0.0192. The predicted molar refractivity (Wildman–Crippen MR) is 105 cm³/mol. The van der Waals surface area contributed by atoms with Gasteiger partial charge >= 0.3 is 0 Å². The lowest BCUT2D eigenvalue weighted by atomic mass is 10.2. The van der Waals surface area contributed by atoms with Crippen molar-refractivity contribution in [1.82, 2.24) is 15.0 Å². The summed E-state index contributed by atoms with van der Waals surface area (Å²) < 4.78 is 0. The summed E-state index contributed by atoms with van der Waals surface area (Å²) in [7, 11) is 0. The minimum Gasteiger partial charge on any atom is -0.305 e. The Morgan fingerprint density at radius 1 is 0.962 bits per heavy atom. The molecule has 0 aliphatic heterocycles. The monoisotopic (exact) mass is 362 g/mol. The van der Waals surface area contributed by atoms with Gasteiger partial charge in [0.05, 0.1) is 10.6 Å². The molecule has 26 heavy (non-hydrogen) atoms. The van der Waals surface area contributed by atoms with Crippen LogP contribution in [0.2, 0.25) is 0 Å². The molecule has 0 spiro atoms. The molecular formula is C20H18N4OS. The second-order valence-electron chi connectivity index (χ2n) is 6.24. The lowest BCUT2D eigenvalue weighted by Gasteiger charge is -2.26. The lowest BCUT2D eigenvalue weighted by molar-refractivity contribution is 0.0984. The molecule has 2 aromatic carbocycles. The number of rotatable bonds is 4. The zero-order valence-electron chi connectivity index (χ0n) is 14.5. The van der Waals surface area contributed by atoms with E-state index in [1.54, 1.807) is 4.80 Å². The van der Waals surface area contributed by atoms with E-state index in [0.29, 0.717) is 0 Å². The molecular weight excluding hydrogens is 344 g/mol. The lowest BCUT2D eigenvalue weighted by Crippen LogP contribution is -2.36. The maximum absolute atomic E-state index is 12.8. The van der Waals surface area contributed by atoms with Gasteiger partial charge in [0.2, 0.25) is 0 Å². The van der Waals surface area contributed by atoms with Gasteiger partial charge in [-0.15, -0.1) is 21.5 Å². The Labute approximate surface area is 155 Å². The second kappa shape index (κ2) is 6.72. The maximum atomic E-state index is 12.8. The summed E-state index contributed by atoms with van der Waals surface area (Å²) in [5, 5.41) is 10.9. The van der Waals surface area contributed by atoms with E-state index in [4.69, 9.17) is 0 Å². The number of thiophene rings is 1. The average Bonchev–Trinajstić information content (AvgIpc) is 3.32. The van der Waals surface area contributed by atoms with Crippen molar-refractivity contribution in [3.8, 4) is 5.69 Å². The normalized spacial score (nSPS) is 11.2. The SMILES string of the molecule is CC(C)N(C(=O)c1cccs1)c1ccc(-n2nc3ccccc3n2)cc1. The number of fused-ring (bicyclic) bond motifs is 1. The van der Waals surface area contributed by atoms with Crippen molar-refractivity contribution in [2.45, 2.75) is 19.9 Å². The first-order valence-electron chi connectivity index (χ1n) is 8.43. The van der Waals surface area contributed by atoms with E-state index in [1.165, 1.54) is 11.3 Å². The number of anilines is 1. The van der Waals surface area contributed by atoms with Crippen LogP contribution in [0.5, 0.6) is 0 Å². The Morgan fingerprint density at radius 3 is 2.15 bits per heavy atom. The number of aromatic nitrogens is 3. The summed E-state index contributed by atoms with van der Waals surface area (Å²) >= 11 is 1.46. The molecule has 0 radical (unpaired) electrons. The summed E-state index contributed by atoms with van der Waals surface area (Å²) in [5.41, 5.74) is 3.43. The molecule has 130 valence electrons. The third kappa shape index (κ3) is 2.99. The number of hydrogen-bond donors (Lipinski definition) is 0. The zero-order valence-corrected chi connectivity index (χ0v) is 15.4. The summed E-state index contributed by atoms with van der Waals surface area (Å²) in [6, 6.07) is 19.3. The van der Waals surface area contributed by atoms with Crippen molar-refractivity contribution in [2.24, 2.45) is 0 Å². The standard InChI is InChI=1S/C20H18N4OS/c1-14(2)23(20(25)19-8-5-13-26-19)15-9-11-16(12-10-15)24-21-17-6-3-4-7-18(17)22-24/h3-14H,1-2H3. The van der Waals surface area contributed by atoms with Gasteiger partial charge in [-0.3, -0.25) is 4.79 Å². The van der Waals surface area contributed by atoms with E-state index in [2.05, 4.69) is 10.2 Å². The van der Waals surface area contributed by atoms with Crippen molar-refractivity contribution >= 4 is 34.0 Å². The minimum absolute atomic E-state index is 0.0192. The van der Waals surface area contributed by atoms with E-state index in [-0.39, 0.29) is 11.9 Å². The van der Waals surface area contributed by atoms with Gasteiger partial charge < -0.3 is 4.90 Å². The van der Waals surface area contributed by atoms with E-state index in [9.17, 15) is 4.79 Å². The molecule has 0 atom stereocenters. The van der Waals surface area contributed by atoms with Gasteiger partial charge in [0.1, 0.15) is 11.0 Å². The van der Waals surface area contributed by atoms with E-state index in [1.807, 2.05) is 84.8 Å². The Kier molecular flexibility index (Phi) is 4.26. The Morgan fingerprint density at radius 2 is 1.62 bits per heavy atom. The molecule has 0 N–H and O–H groups in total. The zero-order chi connectivity index (χ0) is 18.1. The topological polar surface area (TPSA) is 51.0 Å². The fraction of sp³-hybridized carbons (Fsp3) is 0.150. The van der Waals surface area contributed by atoms with Gasteiger partial charge in [-0.05, 0) is 61.7 Å². The van der Waals surface area contributed by atoms with Crippen LogP contribution in [-0.4, -0.2) is 26.9 Å². The molecule has 0 saturated heterocycles. The molecule has 0 unspecified atom stereocenters. The van der Waals surface area contributed by atoms with Crippen LogP contribution in [0.1, 0.15) is 23.5 Å². The van der Waals surface area contributed by atoms with Crippen LogP contribution in [0.3, 0.4) is 0 Å². The first kappa shape index (κ1) is 16.5. The van der Waals surface area contributed by atoms with Crippen molar-refractivity contribution < 1.29 is 4.79 Å². The molecule has 4 aromatic rings. The molecule has 0 aliphatic rings. The fourth-order valence-corrected chi connectivity index (χ4v) is 3.55. The molecule has 2 aromatic heterocycles. The molecule has 4 rings (SSSR count). The first-order chi connectivity index (χ1) is 12.6. The van der Waals surface area contributed by atoms with Crippen LogP contribution in [-0.2, 0) is 0 Å². The summed E-state index contributed by atoms with van der Waals surface area (Å²) in [6.07, 6.45) is 0. The van der Waals surface area contributed by atoms with E-state index < -0.39 is 0 Å². The van der Waals surface area contributed by atoms with Gasteiger partial charge in [0.25, 0.3) is 5.91 Å². The van der Waals surface area contributed by atoms with Crippen LogP contribution >= 0.6 is 11.3 Å². The van der Waals surface area contributed by atoms with E-state index in [0.717, 1.165) is 27.3 Å². The highest BCUT2D eigenvalue weighted by molar-refractivity contribution is 7.12. The van der Waals surface area contributed by atoms with Gasteiger partial charge in [-0.1, -0.05) is 18.2 Å². The van der Waals surface area contributed by atoms with E-state index >= 15 is 0 Å². The quantitative estimate of drug-likeness (QED) is 0.536. The largest absolute Gasteiger partial charge is 0.305 e. The second-order valence-corrected chi connectivity index (χ2v) is 7.19. The molecule has 0 saturated carbocycles. The van der Waals surface area contributed by atoms with Crippen LogP contribution in [0.15, 0.2) is 66.0 Å². The molecule has 0 bridgehead atoms. The third-order valence-electron chi connectivity index (χ3n) is 4.11. The number of hydrogen-bond acceptors (Lipinski definition) is 4. The molecule has 2 heterocycles. The van der Waals surface area contributed by atoms with Crippen LogP contribution in [0, 0.1) is 0 Å². The smallest absolute Gasteiger partial charge is 0.268 e. The number of amides is 1. The molecule has 6 heteroatoms. The molecule has 1 amide bonds. The highest BCUT2D eigenvalue weighted by atomic mass is 32.1. The summed E-state index contributed by atoms with van der Waals surface area (Å²) in [6.45, 7) is 4.03. The minimum atomic E-state index is 0.0192. The molecule has 0 aliphatic carbocycles. The van der Waals surface area contributed by atoms with Gasteiger partial charge in [0, 0.05) is 11.7 Å². The molecule has 5 nitrogen and oxygen atoms in total. The third-order valence-corrected chi connectivity index (χ3v) is 4.97. The fourth-order valence-electron chi connectivity index (χ4n) is 2.89. The van der Waals surface area contributed by atoms with Crippen molar-refractivity contribution in [3.63, 3.8) is 0 Å². The van der Waals surface area contributed by atoms with Gasteiger partial charge in [-0.2, -0.15) is 4.80 Å².